The number of hydrogen-bond donors (Lipinski definition) is 0. The van der Waals surface area contributed by atoms with Crippen molar-refractivity contribution in [3.8, 4) is 5.69 Å². The van der Waals surface area contributed by atoms with Crippen molar-refractivity contribution in [3.63, 3.8) is 0 Å². The molecule has 0 bridgehead atoms. The molecule has 0 fully saturated rings. The lowest BCUT2D eigenvalue weighted by Crippen LogP contribution is -2.28. The summed E-state index contributed by atoms with van der Waals surface area (Å²) in [6.07, 6.45) is 0.949. The Morgan fingerprint density at radius 2 is 2.22 bits per heavy atom. The Bertz CT molecular complexity index is 1050. The molecule has 142 valence electrons. The highest BCUT2D eigenvalue weighted by Crippen LogP contribution is 2.36. The van der Waals surface area contributed by atoms with E-state index in [1.807, 2.05) is 31.2 Å². The van der Waals surface area contributed by atoms with Gasteiger partial charge in [-0.25, -0.2) is 4.98 Å². The van der Waals surface area contributed by atoms with Gasteiger partial charge in [-0.1, -0.05) is 44.7 Å². The predicted molar refractivity (Wildman–Crippen MR) is 113 cm³/mol. The zero-order valence-electron chi connectivity index (χ0n) is 16.1. The van der Waals surface area contributed by atoms with Crippen molar-refractivity contribution < 1.29 is 4.74 Å². The fourth-order valence-electron chi connectivity index (χ4n) is 3.56. The van der Waals surface area contributed by atoms with Gasteiger partial charge in [0.15, 0.2) is 5.16 Å². The first-order valence-electron chi connectivity index (χ1n) is 9.38. The van der Waals surface area contributed by atoms with Crippen molar-refractivity contribution in [2.45, 2.75) is 52.0 Å². The van der Waals surface area contributed by atoms with Gasteiger partial charge in [0.2, 0.25) is 0 Å². The summed E-state index contributed by atoms with van der Waals surface area (Å²) in [6, 6.07) is 8.07. The van der Waals surface area contributed by atoms with E-state index in [0.29, 0.717) is 12.5 Å². The Hall–Kier alpha value is -1.63. The van der Waals surface area contributed by atoms with Gasteiger partial charge in [-0.2, -0.15) is 0 Å². The highest BCUT2D eigenvalue weighted by molar-refractivity contribution is 7.99. The van der Waals surface area contributed by atoms with Crippen molar-refractivity contribution in [1.29, 1.82) is 0 Å². The molecule has 27 heavy (non-hydrogen) atoms. The topological polar surface area (TPSA) is 44.1 Å². The number of aryl methyl sites for hydroxylation is 1. The molecule has 1 aliphatic heterocycles. The van der Waals surface area contributed by atoms with Crippen molar-refractivity contribution in [3.05, 3.63) is 50.6 Å². The van der Waals surface area contributed by atoms with Crippen LogP contribution in [0.15, 0.2) is 34.2 Å². The number of ether oxygens (including phenoxy) is 1. The normalized spacial score (nSPS) is 16.9. The van der Waals surface area contributed by atoms with E-state index in [1.165, 1.54) is 0 Å². The Labute approximate surface area is 167 Å². The Morgan fingerprint density at radius 1 is 1.41 bits per heavy atom. The Morgan fingerprint density at radius 3 is 2.93 bits per heavy atom. The van der Waals surface area contributed by atoms with E-state index in [2.05, 4.69) is 20.8 Å². The van der Waals surface area contributed by atoms with Crippen LogP contribution in [0.4, 0.5) is 0 Å². The van der Waals surface area contributed by atoms with Crippen LogP contribution in [-0.2, 0) is 17.8 Å². The number of benzene rings is 1. The number of aromatic nitrogens is 2. The van der Waals surface area contributed by atoms with E-state index in [9.17, 15) is 4.79 Å². The molecule has 6 heteroatoms. The molecule has 1 atom stereocenters. The van der Waals surface area contributed by atoms with Crippen LogP contribution in [-0.4, -0.2) is 21.4 Å². The molecule has 0 radical (unpaired) electrons. The van der Waals surface area contributed by atoms with Gasteiger partial charge in [0.05, 0.1) is 23.8 Å². The largest absolute Gasteiger partial charge is 0.372 e. The van der Waals surface area contributed by atoms with Crippen LogP contribution in [0.2, 0.25) is 0 Å². The fourth-order valence-corrected chi connectivity index (χ4v) is 5.46. The van der Waals surface area contributed by atoms with Gasteiger partial charge in [0.1, 0.15) is 4.83 Å². The van der Waals surface area contributed by atoms with E-state index >= 15 is 0 Å². The molecule has 1 aliphatic rings. The van der Waals surface area contributed by atoms with Crippen LogP contribution < -0.4 is 5.56 Å². The molecule has 0 spiro atoms. The second kappa shape index (κ2) is 7.41. The minimum Gasteiger partial charge on any atom is -0.372 e. The fraction of sp³-hybridized carbons (Fsp3) is 0.429. The standard InChI is InChI=1S/C21H24N2O2S2/c1-5-26-21-22-19-18(15-10-16(12(2)3)25-11-17(15)27-19)20(24)23(21)14-8-6-7-13(4)9-14/h6-9,12,16H,5,10-11H2,1-4H3/t16-/m1/s1. The number of rotatable bonds is 4. The number of nitrogens with zero attached hydrogens (tertiary/aromatic N) is 2. The molecular weight excluding hydrogens is 376 g/mol. The van der Waals surface area contributed by atoms with Crippen molar-refractivity contribution in [1.82, 2.24) is 9.55 Å². The van der Waals surface area contributed by atoms with E-state index in [4.69, 9.17) is 9.72 Å². The summed E-state index contributed by atoms with van der Waals surface area (Å²) in [5, 5.41) is 1.55. The first-order chi connectivity index (χ1) is 13.0. The molecule has 3 heterocycles. The van der Waals surface area contributed by atoms with Crippen LogP contribution in [0.25, 0.3) is 15.9 Å². The SMILES string of the molecule is CCSc1nc2sc3c(c2c(=O)n1-c1cccc(C)c1)C[C@H](C(C)C)OC3. The molecule has 0 aliphatic carbocycles. The molecular formula is C21H24N2O2S2. The lowest BCUT2D eigenvalue weighted by Gasteiger charge is -2.26. The Kier molecular flexibility index (Phi) is 5.14. The molecule has 0 saturated carbocycles. The average Bonchev–Trinajstić information content (AvgIpc) is 2.99. The van der Waals surface area contributed by atoms with Crippen molar-refractivity contribution in [2.75, 3.05) is 5.75 Å². The minimum atomic E-state index is 0.0449. The number of hydrogen-bond acceptors (Lipinski definition) is 5. The van der Waals surface area contributed by atoms with E-state index < -0.39 is 0 Å². The first-order valence-corrected chi connectivity index (χ1v) is 11.2. The third-order valence-corrected chi connectivity index (χ3v) is 6.91. The average molecular weight is 401 g/mol. The molecule has 0 N–H and O–H groups in total. The first kappa shape index (κ1) is 18.7. The zero-order valence-corrected chi connectivity index (χ0v) is 17.7. The predicted octanol–water partition coefficient (Wildman–Crippen LogP) is 4.96. The maximum absolute atomic E-state index is 13.6. The molecule has 0 amide bonds. The molecule has 1 aromatic carbocycles. The number of thioether (sulfide) groups is 1. The van der Waals surface area contributed by atoms with Crippen LogP contribution in [0.3, 0.4) is 0 Å². The molecule has 3 aromatic rings. The second-order valence-electron chi connectivity index (χ2n) is 7.29. The summed E-state index contributed by atoms with van der Waals surface area (Å²) in [5.74, 6) is 1.29. The third-order valence-electron chi connectivity index (χ3n) is 4.99. The van der Waals surface area contributed by atoms with E-state index in [0.717, 1.165) is 49.2 Å². The second-order valence-corrected chi connectivity index (χ2v) is 9.60. The number of thiophene rings is 1. The molecule has 4 rings (SSSR count). The summed E-state index contributed by atoms with van der Waals surface area (Å²) >= 11 is 3.22. The van der Waals surface area contributed by atoms with Gasteiger partial charge < -0.3 is 4.74 Å². The van der Waals surface area contributed by atoms with Gasteiger partial charge in [-0.05, 0) is 41.9 Å². The van der Waals surface area contributed by atoms with E-state index in [1.54, 1.807) is 27.7 Å². The maximum Gasteiger partial charge on any atom is 0.267 e. The minimum absolute atomic E-state index is 0.0449. The lowest BCUT2D eigenvalue weighted by atomic mass is 9.96. The smallest absolute Gasteiger partial charge is 0.267 e. The van der Waals surface area contributed by atoms with Crippen LogP contribution in [0.5, 0.6) is 0 Å². The summed E-state index contributed by atoms with van der Waals surface area (Å²) in [5.41, 5.74) is 3.21. The molecule has 0 saturated heterocycles. The highest BCUT2D eigenvalue weighted by atomic mass is 32.2. The van der Waals surface area contributed by atoms with Gasteiger partial charge in [-0.3, -0.25) is 9.36 Å². The lowest BCUT2D eigenvalue weighted by molar-refractivity contribution is 0.00200. The van der Waals surface area contributed by atoms with Gasteiger partial charge in [0, 0.05) is 11.3 Å². The van der Waals surface area contributed by atoms with Gasteiger partial charge in [0.25, 0.3) is 5.56 Å². The van der Waals surface area contributed by atoms with Gasteiger partial charge >= 0.3 is 0 Å². The Balaban J connectivity index is 1.97. The van der Waals surface area contributed by atoms with Crippen LogP contribution in [0.1, 0.15) is 36.8 Å². The molecule has 4 nitrogen and oxygen atoms in total. The van der Waals surface area contributed by atoms with Gasteiger partial charge in [-0.15, -0.1) is 11.3 Å². The van der Waals surface area contributed by atoms with Crippen molar-refractivity contribution >= 4 is 33.3 Å². The summed E-state index contributed by atoms with van der Waals surface area (Å²) in [7, 11) is 0. The molecule has 2 aromatic heterocycles. The summed E-state index contributed by atoms with van der Waals surface area (Å²) < 4.78 is 7.80. The summed E-state index contributed by atoms with van der Waals surface area (Å²) in [6.45, 7) is 9.05. The highest BCUT2D eigenvalue weighted by Gasteiger charge is 2.28. The monoisotopic (exact) mass is 400 g/mol. The number of fused-ring (bicyclic) bond motifs is 3. The quantitative estimate of drug-likeness (QED) is 0.458. The summed E-state index contributed by atoms with van der Waals surface area (Å²) in [4.78, 5) is 20.5. The van der Waals surface area contributed by atoms with Crippen molar-refractivity contribution in [2.24, 2.45) is 5.92 Å². The molecule has 0 unspecified atom stereocenters. The third kappa shape index (κ3) is 3.35. The zero-order chi connectivity index (χ0) is 19.1. The van der Waals surface area contributed by atoms with Crippen LogP contribution >= 0.6 is 23.1 Å². The maximum atomic E-state index is 13.6. The van der Waals surface area contributed by atoms with E-state index in [-0.39, 0.29) is 11.7 Å². The van der Waals surface area contributed by atoms with Crippen LogP contribution in [0, 0.1) is 12.8 Å².